The summed E-state index contributed by atoms with van der Waals surface area (Å²) >= 11 is 0. The molecule has 5 heteroatoms. The van der Waals surface area contributed by atoms with E-state index < -0.39 is 11.9 Å². The number of benzene rings is 1. The Kier molecular flexibility index (Phi) is 6.59. The third kappa shape index (κ3) is 5.67. The van der Waals surface area contributed by atoms with E-state index in [0.717, 1.165) is 24.8 Å². The number of nitrogens with one attached hydrogen (secondary N) is 1. The summed E-state index contributed by atoms with van der Waals surface area (Å²) in [5.41, 5.74) is 6.36. The standard InChI is InChI=1S/C18H26N2O3/c1-13-7-5-6-10-16(13)23-12-17(21)20-15(18(19)22)11-14-8-3-2-4-9-14/h2-4,8-9,13,15-16H,5-7,10-12H2,1H3,(H2,19,22)(H,20,21)/t13-,15+,16+/m1/s1. The number of ether oxygens (including phenoxy) is 1. The quantitative estimate of drug-likeness (QED) is 0.804. The van der Waals surface area contributed by atoms with E-state index in [1.165, 1.54) is 6.42 Å². The summed E-state index contributed by atoms with van der Waals surface area (Å²) in [7, 11) is 0. The first-order valence-corrected chi connectivity index (χ1v) is 8.30. The Hall–Kier alpha value is -1.88. The molecule has 1 aliphatic rings. The van der Waals surface area contributed by atoms with Crippen LogP contribution in [0.1, 0.15) is 38.2 Å². The van der Waals surface area contributed by atoms with Gasteiger partial charge < -0.3 is 15.8 Å². The molecule has 1 saturated carbocycles. The van der Waals surface area contributed by atoms with Crippen molar-refractivity contribution in [1.29, 1.82) is 0 Å². The van der Waals surface area contributed by atoms with E-state index in [2.05, 4.69) is 12.2 Å². The second kappa shape index (κ2) is 8.67. The summed E-state index contributed by atoms with van der Waals surface area (Å²) in [6.45, 7) is 2.14. The normalized spacial score (nSPS) is 22.3. The van der Waals surface area contributed by atoms with Gasteiger partial charge in [-0.3, -0.25) is 9.59 Å². The predicted octanol–water partition coefficient (Wildman–Crippen LogP) is 1.79. The first kappa shape index (κ1) is 17.5. The summed E-state index contributed by atoms with van der Waals surface area (Å²) in [5.74, 6) is -0.344. The Balaban J connectivity index is 1.82. The van der Waals surface area contributed by atoms with Gasteiger partial charge in [-0.15, -0.1) is 0 Å². The number of carbonyl (C=O) groups excluding carboxylic acids is 2. The van der Waals surface area contributed by atoms with Crippen LogP contribution in [-0.4, -0.2) is 30.6 Å². The van der Waals surface area contributed by atoms with Gasteiger partial charge in [-0.25, -0.2) is 0 Å². The molecule has 23 heavy (non-hydrogen) atoms. The molecule has 1 aliphatic carbocycles. The molecule has 0 bridgehead atoms. The van der Waals surface area contributed by atoms with E-state index in [9.17, 15) is 9.59 Å². The highest BCUT2D eigenvalue weighted by molar-refractivity contribution is 5.87. The molecule has 3 atom stereocenters. The molecular formula is C18H26N2O3. The van der Waals surface area contributed by atoms with Crippen LogP contribution in [0.2, 0.25) is 0 Å². The summed E-state index contributed by atoms with van der Waals surface area (Å²) < 4.78 is 5.72. The third-order valence-corrected chi connectivity index (χ3v) is 4.42. The maximum Gasteiger partial charge on any atom is 0.246 e. The van der Waals surface area contributed by atoms with Crippen LogP contribution in [0.5, 0.6) is 0 Å². The molecule has 2 rings (SSSR count). The van der Waals surface area contributed by atoms with Crippen LogP contribution in [0.15, 0.2) is 30.3 Å². The summed E-state index contributed by atoms with van der Waals surface area (Å²) in [6, 6.07) is 8.79. The van der Waals surface area contributed by atoms with E-state index in [1.807, 2.05) is 30.3 Å². The van der Waals surface area contributed by atoms with Gasteiger partial charge in [-0.1, -0.05) is 50.1 Å². The second-order valence-corrected chi connectivity index (χ2v) is 6.32. The molecule has 0 aliphatic heterocycles. The lowest BCUT2D eigenvalue weighted by atomic mass is 9.88. The third-order valence-electron chi connectivity index (χ3n) is 4.42. The Labute approximate surface area is 137 Å². The van der Waals surface area contributed by atoms with Crippen molar-refractivity contribution in [2.24, 2.45) is 11.7 Å². The summed E-state index contributed by atoms with van der Waals surface area (Å²) in [4.78, 5) is 23.6. The van der Waals surface area contributed by atoms with Crippen molar-refractivity contribution in [2.75, 3.05) is 6.61 Å². The number of amides is 2. The van der Waals surface area contributed by atoms with Crippen molar-refractivity contribution >= 4 is 11.8 Å². The molecule has 0 radical (unpaired) electrons. The first-order chi connectivity index (χ1) is 11.1. The van der Waals surface area contributed by atoms with Crippen LogP contribution < -0.4 is 11.1 Å². The van der Waals surface area contributed by atoms with Crippen LogP contribution >= 0.6 is 0 Å². The Bertz CT molecular complexity index is 518. The van der Waals surface area contributed by atoms with Gasteiger partial charge in [0.05, 0.1) is 6.10 Å². The number of primary amides is 1. The molecule has 1 aromatic carbocycles. The number of rotatable bonds is 7. The van der Waals surface area contributed by atoms with Crippen molar-refractivity contribution in [2.45, 2.75) is 51.2 Å². The van der Waals surface area contributed by atoms with Gasteiger partial charge in [0.1, 0.15) is 12.6 Å². The maximum absolute atomic E-state index is 12.1. The van der Waals surface area contributed by atoms with Crippen molar-refractivity contribution in [1.82, 2.24) is 5.32 Å². The van der Waals surface area contributed by atoms with Crippen LogP contribution in [0.25, 0.3) is 0 Å². The van der Waals surface area contributed by atoms with E-state index in [1.54, 1.807) is 0 Å². The Morgan fingerprint density at radius 3 is 2.61 bits per heavy atom. The van der Waals surface area contributed by atoms with Gasteiger partial charge >= 0.3 is 0 Å². The molecule has 126 valence electrons. The SMILES string of the molecule is C[C@@H]1CCCC[C@@H]1OCC(=O)N[C@@H](Cc1ccccc1)C(N)=O. The highest BCUT2D eigenvalue weighted by Crippen LogP contribution is 2.26. The number of hydrogen-bond acceptors (Lipinski definition) is 3. The van der Waals surface area contributed by atoms with Gasteiger partial charge in [-0.05, 0) is 24.3 Å². The average molecular weight is 318 g/mol. The van der Waals surface area contributed by atoms with Crippen molar-refractivity contribution < 1.29 is 14.3 Å². The highest BCUT2D eigenvalue weighted by Gasteiger charge is 2.24. The topological polar surface area (TPSA) is 81.4 Å². The van der Waals surface area contributed by atoms with E-state index >= 15 is 0 Å². The molecule has 1 fully saturated rings. The molecule has 1 aromatic rings. The minimum Gasteiger partial charge on any atom is -0.368 e. The fourth-order valence-electron chi connectivity index (χ4n) is 3.02. The lowest BCUT2D eigenvalue weighted by Gasteiger charge is -2.28. The van der Waals surface area contributed by atoms with Gasteiger partial charge in [0, 0.05) is 6.42 Å². The fraction of sp³-hybridized carbons (Fsp3) is 0.556. The van der Waals surface area contributed by atoms with Crippen molar-refractivity contribution in [3.63, 3.8) is 0 Å². The summed E-state index contributed by atoms with van der Waals surface area (Å²) in [5, 5.41) is 2.68. The van der Waals surface area contributed by atoms with Crippen LogP contribution in [0, 0.1) is 5.92 Å². The largest absolute Gasteiger partial charge is 0.368 e. The minimum absolute atomic E-state index is 0.0203. The molecule has 0 unspecified atom stereocenters. The number of nitrogens with two attached hydrogens (primary N) is 1. The molecule has 2 amide bonds. The molecule has 0 spiro atoms. The maximum atomic E-state index is 12.1. The predicted molar refractivity (Wildman–Crippen MR) is 88.6 cm³/mol. The van der Waals surface area contributed by atoms with Crippen LogP contribution in [0.3, 0.4) is 0 Å². The van der Waals surface area contributed by atoms with Crippen LogP contribution in [0.4, 0.5) is 0 Å². The Morgan fingerprint density at radius 1 is 1.26 bits per heavy atom. The van der Waals surface area contributed by atoms with Crippen molar-refractivity contribution in [3.05, 3.63) is 35.9 Å². The Morgan fingerprint density at radius 2 is 1.96 bits per heavy atom. The zero-order valence-corrected chi connectivity index (χ0v) is 13.7. The number of hydrogen-bond donors (Lipinski definition) is 2. The van der Waals surface area contributed by atoms with E-state index in [-0.39, 0.29) is 18.6 Å². The number of carbonyl (C=O) groups is 2. The van der Waals surface area contributed by atoms with Gasteiger partial charge in [0.15, 0.2) is 0 Å². The zero-order chi connectivity index (χ0) is 16.7. The highest BCUT2D eigenvalue weighted by atomic mass is 16.5. The lowest BCUT2D eigenvalue weighted by molar-refractivity contribution is -0.133. The molecule has 0 heterocycles. The fourth-order valence-corrected chi connectivity index (χ4v) is 3.02. The monoisotopic (exact) mass is 318 g/mol. The minimum atomic E-state index is -0.711. The van der Waals surface area contributed by atoms with E-state index in [4.69, 9.17) is 10.5 Å². The first-order valence-electron chi connectivity index (χ1n) is 8.30. The summed E-state index contributed by atoms with van der Waals surface area (Å²) in [6.07, 6.45) is 5.04. The molecule has 0 saturated heterocycles. The second-order valence-electron chi connectivity index (χ2n) is 6.32. The van der Waals surface area contributed by atoms with E-state index in [0.29, 0.717) is 12.3 Å². The lowest BCUT2D eigenvalue weighted by Crippen LogP contribution is -2.47. The molecular weight excluding hydrogens is 292 g/mol. The molecule has 0 aromatic heterocycles. The van der Waals surface area contributed by atoms with Gasteiger partial charge in [0.25, 0.3) is 0 Å². The zero-order valence-electron chi connectivity index (χ0n) is 13.7. The van der Waals surface area contributed by atoms with Gasteiger partial charge in [-0.2, -0.15) is 0 Å². The van der Waals surface area contributed by atoms with Gasteiger partial charge in [0.2, 0.25) is 11.8 Å². The van der Waals surface area contributed by atoms with Crippen LogP contribution in [-0.2, 0) is 20.7 Å². The smallest absolute Gasteiger partial charge is 0.246 e. The average Bonchev–Trinajstić information content (AvgIpc) is 2.54. The van der Waals surface area contributed by atoms with Crippen molar-refractivity contribution in [3.8, 4) is 0 Å². The molecule has 5 nitrogen and oxygen atoms in total. The molecule has 3 N–H and O–H groups in total.